The van der Waals surface area contributed by atoms with Crippen LogP contribution in [0.25, 0.3) is 0 Å². The fraction of sp³-hybridized carbons (Fsp3) is 0.857. The third-order valence-corrected chi connectivity index (χ3v) is 3.01. The van der Waals surface area contributed by atoms with Gasteiger partial charge in [-0.15, -0.1) is 0 Å². The number of aliphatic hydroxyl groups is 1. The lowest BCUT2D eigenvalue weighted by Crippen LogP contribution is -2.44. The van der Waals surface area contributed by atoms with Gasteiger partial charge in [0.15, 0.2) is 11.3 Å². The van der Waals surface area contributed by atoms with E-state index in [1.165, 1.54) is 0 Å². The van der Waals surface area contributed by atoms with Crippen LogP contribution in [0.2, 0.25) is 0 Å². The van der Waals surface area contributed by atoms with Gasteiger partial charge in [0.1, 0.15) is 0 Å². The number of likely N-dealkylation sites (N-methyl/N-ethyl adjacent to an activating group) is 2. The zero-order valence-electron chi connectivity index (χ0n) is 7.33. The van der Waals surface area contributed by atoms with Gasteiger partial charge in [-0.2, -0.15) is 0 Å². The van der Waals surface area contributed by atoms with Gasteiger partial charge in [-0.25, -0.2) is 0 Å². The molecule has 0 aromatic rings. The summed E-state index contributed by atoms with van der Waals surface area (Å²) in [5.74, 6) is 0. The van der Waals surface area contributed by atoms with Gasteiger partial charge in [-0.3, -0.25) is 0 Å². The molecule has 4 heteroatoms. The highest BCUT2D eigenvalue weighted by Crippen LogP contribution is 2.27. The van der Waals surface area contributed by atoms with Crippen molar-refractivity contribution in [1.82, 2.24) is 9.80 Å². The lowest BCUT2D eigenvalue weighted by Gasteiger charge is -2.29. The van der Waals surface area contributed by atoms with Crippen molar-refractivity contribution in [2.75, 3.05) is 14.1 Å². The minimum atomic E-state index is -0.500. The molecule has 3 nitrogen and oxygen atoms in total. The van der Waals surface area contributed by atoms with Crippen LogP contribution in [0.5, 0.6) is 0 Å². The summed E-state index contributed by atoms with van der Waals surface area (Å²) in [6.45, 7) is 3.93. The maximum absolute atomic E-state index is 9.66. The number of thiocarbonyl (C=S) groups is 1. The van der Waals surface area contributed by atoms with Crippen LogP contribution >= 0.6 is 12.2 Å². The third-order valence-electron chi connectivity index (χ3n) is 2.45. The molecule has 0 spiro atoms. The first-order chi connectivity index (χ1) is 4.89. The molecule has 1 heterocycles. The molecule has 1 unspecified atom stereocenters. The molecular weight excluding hydrogens is 160 g/mol. The van der Waals surface area contributed by atoms with E-state index in [2.05, 4.69) is 0 Å². The molecule has 1 atom stereocenters. The highest BCUT2D eigenvalue weighted by atomic mass is 32.1. The summed E-state index contributed by atoms with van der Waals surface area (Å²) in [6.07, 6.45) is -0.500. The van der Waals surface area contributed by atoms with Gasteiger partial charge in [0.2, 0.25) is 0 Å². The summed E-state index contributed by atoms with van der Waals surface area (Å²) >= 11 is 5.08. The van der Waals surface area contributed by atoms with Crippen molar-refractivity contribution in [1.29, 1.82) is 0 Å². The van der Waals surface area contributed by atoms with E-state index >= 15 is 0 Å². The van der Waals surface area contributed by atoms with Crippen molar-refractivity contribution in [3.63, 3.8) is 0 Å². The summed E-state index contributed by atoms with van der Waals surface area (Å²) in [5, 5.41) is 10.4. The summed E-state index contributed by atoms with van der Waals surface area (Å²) < 4.78 is 0. The van der Waals surface area contributed by atoms with Crippen LogP contribution in [0.15, 0.2) is 0 Å². The minimum absolute atomic E-state index is 0.272. The van der Waals surface area contributed by atoms with Gasteiger partial charge >= 0.3 is 0 Å². The van der Waals surface area contributed by atoms with Crippen molar-refractivity contribution in [3.05, 3.63) is 0 Å². The Hall–Kier alpha value is -0.350. The molecule has 0 aliphatic carbocycles. The zero-order valence-corrected chi connectivity index (χ0v) is 8.14. The van der Waals surface area contributed by atoms with Crippen molar-refractivity contribution >= 4 is 17.3 Å². The van der Waals surface area contributed by atoms with E-state index in [-0.39, 0.29) is 5.54 Å². The molecule has 1 N–H and O–H groups in total. The molecule has 1 aliphatic rings. The second-order valence-electron chi connectivity index (χ2n) is 3.48. The first-order valence-corrected chi connectivity index (χ1v) is 3.98. The number of hydrogen-bond acceptors (Lipinski definition) is 2. The van der Waals surface area contributed by atoms with Crippen LogP contribution in [0.4, 0.5) is 0 Å². The molecule has 1 aliphatic heterocycles. The molecule has 0 saturated carbocycles. The van der Waals surface area contributed by atoms with Crippen LogP contribution in [-0.4, -0.2) is 45.9 Å². The van der Waals surface area contributed by atoms with Gasteiger partial charge in [0.05, 0.1) is 5.54 Å². The Bertz CT molecular complexity index is 193. The Morgan fingerprint density at radius 3 is 2.00 bits per heavy atom. The lowest BCUT2D eigenvalue weighted by molar-refractivity contribution is 0.00970. The maximum Gasteiger partial charge on any atom is 0.173 e. The molecule has 1 rings (SSSR count). The molecular formula is C7H14N2OS. The maximum atomic E-state index is 9.66. The molecule has 0 amide bonds. The van der Waals surface area contributed by atoms with Gasteiger partial charge in [0, 0.05) is 14.1 Å². The van der Waals surface area contributed by atoms with Gasteiger partial charge in [-0.05, 0) is 26.1 Å². The summed E-state index contributed by atoms with van der Waals surface area (Å²) in [5.41, 5.74) is -0.272. The van der Waals surface area contributed by atoms with E-state index in [0.717, 1.165) is 0 Å². The van der Waals surface area contributed by atoms with Crippen LogP contribution in [0, 0.1) is 0 Å². The molecule has 0 aromatic heterocycles. The molecule has 64 valence electrons. The van der Waals surface area contributed by atoms with Crippen molar-refractivity contribution in [3.8, 4) is 0 Å². The van der Waals surface area contributed by atoms with E-state index in [0.29, 0.717) is 5.11 Å². The van der Waals surface area contributed by atoms with E-state index in [4.69, 9.17) is 12.2 Å². The zero-order chi connectivity index (χ0) is 8.81. The quantitative estimate of drug-likeness (QED) is 0.532. The molecule has 0 aromatic carbocycles. The minimum Gasteiger partial charge on any atom is -0.371 e. The molecule has 1 saturated heterocycles. The largest absolute Gasteiger partial charge is 0.371 e. The van der Waals surface area contributed by atoms with Crippen molar-refractivity contribution < 1.29 is 5.11 Å². The van der Waals surface area contributed by atoms with E-state index in [1.54, 1.807) is 11.9 Å². The highest BCUT2D eigenvalue weighted by Gasteiger charge is 2.44. The molecule has 0 radical (unpaired) electrons. The van der Waals surface area contributed by atoms with Crippen molar-refractivity contribution in [2.45, 2.75) is 25.6 Å². The monoisotopic (exact) mass is 174 g/mol. The SMILES string of the molecule is CN1C(=S)N(C)C(C)(C)C1O. The van der Waals surface area contributed by atoms with Crippen LogP contribution in [-0.2, 0) is 0 Å². The number of rotatable bonds is 0. The van der Waals surface area contributed by atoms with E-state index < -0.39 is 6.23 Å². The Balaban J connectivity index is 2.96. The van der Waals surface area contributed by atoms with Gasteiger partial charge in [0.25, 0.3) is 0 Å². The fourth-order valence-electron chi connectivity index (χ4n) is 1.23. The number of aliphatic hydroxyl groups excluding tert-OH is 1. The Kier molecular flexibility index (Phi) is 1.84. The lowest BCUT2D eigenvalue weighted by atomic mass is 10.0. The number of hydrogen-bond donors (Lipinski definition) is 1. The summed E-state index contributed by atoms with van der Waals surface area (Å²) in [6, 6.07) is 0. The second kappa shape index (κ2) is 2.32. The average Bonchev–Trinajstić information content (AvgIpc) is 2.06. The predicted molar refractivity (Wildman–Crippen MR) is 48.2 cm³/mol. The van der Waals surface area contributed by atoms with E-state index in [1.807, 2.05) is 25.8 Å². The predicted octanol–water partition coefficient (Wildman–Crippen LogP) is 0.246. The van der Waals surface area contributed by atoms with Crippen molar-refractivity contribution in [2.24, 2.45) is 0 Å². The second-order valence-corrected chi connectivity index (χ2v) is 3.84. The molecule has 1 fully saturated rings. The van der Waals surface area contributed by atoms with Crippen LogP contribution in [0.3, 0.4) is 0 Å². The average molecular weight is 174 g/mol. The molecule has 0 bridgehead atoms. The first kappa shape index (κ1) is 8.74. The van der Waals surface area contributed by atoms with E-state index in [9.17, 15) is 5.11 Å². The highest BCUT2D eigenvalue weighted by molar-refractivity contribution is 7.80. The van der Waals surface area contributed by atoms with Gasteiger partial charge in [-0.1, -0.05) is 0 Å². The topological polar surface area (TPSA) is 26.7 Å². The summed E-state index contributed by atoms with van der Waals surface area (Å²) in [7, 11) is 3.70. The first-order valence-electron chi connectivity index (χ1n) is 3.57. The fourth-order valence-corrected chi connectivity index (χ4v) is 1.57. The number of nitrogens with zero attached hydrogens (tertiary/aromatic N) is 2. The van der Waals surface area contributed by atoms with Crippen LogP contribution < -0.4 is 0 Å². The Labute approximate surface area is 72.6 Å². The van der Waals surface area contributed by atoms with Gasteiger partial charge < -0.3 is 14.9 Å². The summed E-state index contributed by atoms with van der Waals surface area (Å²) in [4.78, 5) is 3.61. The smallest absolute Gasteiger partial charge is 0.173 e. The Morgan fingerprint density at radius 2 is 1.91 bits per heavy atom. The standard InChI is InChI=1S/C7H14N2OS/c1-7(2)5(10)8(3)6(11)9(7)4/h5,10H,1-4H3. The van der Waals surface area contributed by atoms with Crippen LogP contribution in [0.1, 0.15) is 13.8 Å². The third kappa shape index (κ3) is 1.01. The molecule has 11 heavy (non-hydrogen) atoms. The Morgan fingerprint density at radius 1 is 1.45 bits per heavy atom. The normalized spacial score (nSPS) is 29.9.